The van der Waals surface area contributed by atoms with Crippen LogP contribution in [0.3, 0.4) is 0 Å². The first kappa shape index (κ1) is 12.7. The second kappa shape index (κ2) is 4.51. The van der Waals surface area contributed by atoms with Crippen molar-refractivity contribution in [3.05, 3.63) is 21.8 Å². The largest absolute Gasteiger partial charge is 0.337 e. The highest BCUT2D eigenvalue weighted by Crippen LogP contribution is 2.33. The van der Waals surface area contributed by atoms with E-state index in [1.807, 2.05) is 32.9 Å². The molecule has 0 radical (unpaired) electrons. The highest BCUT2D eigenvalue weighted by Gasteiger charge is 2.27. The molecule has 2 aromatic heterocycles. The minimum absolute atomic E-state index is 0.0974. The Labute approximate surface area is 112 Å². The van der Waals surface area contributed by atoms with Crippen LogP contribution in [0.2, 0.25) is 0 Å². The molecule has 2 aromatic rings. The molecule has 4 nitrogen and oxygen atoms in total. The van der Waals surface area contributed by atoms with Crippen LogP contribution >= 0.6 is 27.3 Å². The summed E-state index contributed by atoms with van der Waals surface area (Å²) >= 11 is 4.97. The molecular formula is C11H14BrN3OS. The molecule has 2 heterocycles. The Balaban J connectivity index is 2.28. The summed E-state index contributed by atoms with van der Waals surface area (Å²) in [6.07, 6.45) is 0. The average molecular weight is 316 g/mol. The molecular weight excluding hydrogens is 302 g/mol. The standard InChI is InChI=1S/C11H14BrN3OS/c1-11(2,3)8(13)10-14-9(15-16-10)6-4-5-7(12)17-6/h4-5,8H,13H2,1-3H3/t8-/m1/s1. The molecule has 6 heteroatoms. The van der Waals surface area contributed by atoms with Crippen LogP contribution in [0.5, 0.6) is 0 Å². The Kier molecular flexibility index (Phi) is 3.38. The van der Waals surface area contributed by atoms with E-state index in [1.165, 1.54) is 0 Å². The third-order valence-corrected chi connectivity index (χ3v) is 4.05. The molecule has 0 unspecified atom stereocenters. The monoisotopic (exact) mass is 315 g/mol. The zero-order chi connectivity index (χ0) is 12.6. The predicted octanol–water partition coefficient (Wildman–Crippen LogP) is 3.61. The van der Waals surface area contributed by atoms with Crippen LogP contribution in [0.15, 0.2) is 20.4 Å². The summed E-state index contributed by atoms with van der Waals surface area (Å²) in [4.78, 5) is 5.31. The van der Waals surface area contributed by atoms with E-state index in [1.54, 1.807) is 11.3 Å². The maximum absolute atomic E-state index is 6.07. The van der Waals surface area contributed by atoms with Crippen molar-refractivity contribution in [2.75, 3.05) is 0 Å². The van der Waals surface area contributed by atoms with Gasteiger partial charge in [-0.05, 0) is 33.5 Å². The van der Waals surface area contributed by atoms with Crippen LogP contribution < -0.4 is 5.73 Å². The van der Waals surface area contributed by atoms with Crippen LogP contribution in [-0.4, -0.2) is 10.1 Å². The topological polar surface area (TPSA) is 64.9 Å². The number of halogens is 1. The molecule has 0 saturated heterocycles. The number of aromatic nitrogens is 2. The molecule has 0 bridgehead atoms. The zero-order valence-corrected chi connectivity index (χ0v) is 12.3. The molecule has 0 fully saturated rings. The van der Waals surface area contributed by atoms with Crippen LogP contribution in [0.1, 0.15) is 32.7 Å². The lowest BCUT2D eigenvalue weighted by Crippen LogP contribution is -2.26. The van der Waals surface area contributed by atoms with Gasteiger partial charge in [0, 0.05) is 0 Å². The van der Waals surface area contributed by atoms with Gasteiger partial charge in [-0.15, -0.1) is 11.3 Å². The number of hydrogen-bond acceptors (Lipinski definition) is 5. The summed E-state index contributed by atoms with van der Waals surface area (Å²) in [5, 5.41) is 3.96. The van der Waals surface area contributed by atoms with Gasteiger partial charge in [0.25, 0.3) is 0 Å². The lowest BCUT2D eigenvalue weighted by atomic mass is 9.87. The van der Waals surface area contributed by atoms with Gasteiger partial charge in [-0.3, -0.25) is 0 Å². The van der Waals surface area contributed by atoms with Crippen molar-refractivity contribution >= 4 is 27.3 Å². The maximum Gasteiger partial charge on any atom is 0.244 e. The van der Waals surface area contributed by atoms with E-state index >= 15 is 0 Å². The summed E-state index contributed by atoms with van der Waals surface area (Å²) in [6.45, 7) is 6.13. The molecule has 0 aromatic carbocycles. The fourth-order valence-corrected chi connectivity index (χ4v) is 2.58. The molecule has 92 valence electrons. The highest BCUT2D eigenvalue weighted by atomic mass is 79.9. The van der Waals surface area contributed by atoms with Crippen LogP contribution in [0.4, 0.5) is 0 Å². The van der Waals surface area contributed by atoms with Crippen LogP contribution in [0, 0.1) is 5.41 Å². The Morgan fingerprint density at radius 1 is 1.41 bits per heavy atom. The van der Waals surface area contributed by atoms with Crippen molar-refractivity contribution in [3.63, 3.8) is 0 Å². The number of rotatable bonds is 2. The molecule has 2 N–H and O–H groups in total. The van der Waals surface area contributed by atoms with Gasteiger partial charge >= 0.3 is 0 Å². The molecule has 0 amide bonds. The fourth-order valence-electron chi connectivity index (χ4n) is 1.27. The van der Waals surface area contributed by atoms with E-state index in [4.69, 9.17) is 10.3 Å². The van der Waals surface area contributed by atoms with E-state index in [0.29, 0.717) is 11.7 Å². The normalized spacial score (nSPS) is 13.9. The maximum atomic E-state index is 6.07. The molecule has 0 saturated carbocycles. The van der Waals surface area contributed by atoms with Gasteiger partial charge in [0.15, 0.2) is 0 Å². The summed E-state index contributed by atoms with van der Waals surface area (Å²) in [5.74, 6) is 1.08. The van der Waals surface area contributed by atoms with Crippen molar-refractivity contribution in [3.8, 4) is 10.7 Å². The SMILES string of the molecule is CC(C)(C)[C@H](N)c1nc(-c2ccc(Br)s2)no1. The first-order valence-electron chi connectivity index (χ1n) is 5.23. The van der Waals surface area contributed by atoms with Crippen molar-refractivity contribution in [2.24, 2.45) is 11.1 Å². The fraction of sp³-hybridized carbons (Fsp3) is 0.455. The average Bonchev–Trinajstić information content (AvgIpc) is 2.83. The number of thiophene rings is 1. The number of nitrogens with zero attached hydrogens (tertiary/aromatic N) is 2. The molecule has 0 aliphatic carbocycles. The highest BCUT2D eigenvalue weighted by molar-refractivity contribution is 9.11. The van der Waals surface area contributed by atoms with E-state index in [0.717, 1.165) is 8.66 Å². The van der Waals surface area contributed by atoms with E-state index < -0.39 is 0 Å². The first-order valence-corrected chi connectivity index (χ1v) is 6.84. The zero-order valence-electron chi connectivity index (χ0n) is 9.90. The minimum Gasteiger partial charge on any atom is -0.337 e. The lowest BCUT2D eigenvalue weighted by Gasteiger charge is -2.23. The van der Waals surface area contributed by atoms with Crippen molar-refractivity contribution < 1.29 is 4.52 Å². The van der Waals surface area contributed by atoms with E-state index in [9.17, 15) is 0 Å². The Morgan fingerprint density at radius 2 is 2.12 bits per heavy atom. The van der Waals surface area contributed by atoms with E-state index in [-0.39, 0.29) is 11.5 Å². The molecule has 0 spiro atoms. The molecule has 17 heavy (non-hydrogen) atoms. The second-order valence-corrected chi connectivity index (χ2v) is 7.37. The predicted molar refractivity (Wildman–Crippen MR) is 71.7 cm³/mol. The van der Waals surface area contributed by atoms with Gasteiger partial charge in [-0.25, -0.2) is 0 Å². The summed E-state index contributed by atoms with van der Waals surface area (Å²) < 4.78 is 6.26. The van der Waals surface area contributed by atoms with Crippen molar-refractivity contribution in [1.29, 1.82) is 0 Å². The molecule has 1 atom stereocenters. The van der Waals surface area contributed by atoms with Gasteiger partial charge in [0.2, 0.25) is 11.7 Å². The molecule has 0 aliphatic rings. The lowest BCUT2D eigenvalue weighted by molar-refractivity contribution is 0.253. The third-order valence-electron chi connectivity index (χ3n) is 2.43. The van der Waals surface area contributed by atoms with Crippen LogP contribution in [0.25, 0.3) is 10.7 Å². The van der Waals surface area contributed by atoms with Gasteiger partial charge in [0.05, 0.1) is 14.7 Å². The smallest absolute Gasteiger partial charge is 0.244 e. The Morgan fingerprint density at radius 3 is 2.65 bits per heavy atom. The van der Waals surface area contributed by atoms with Crippen LogP contribution in [-0.2, 0) is 0 Å². The summed E-state index contributed by atoms with van der Waals surface area (Å²) in [6, 6.07) is 3.65. The van der Waals surface area contributed by atoms with Crippen molar-refractivity contribution in [2.45, 2.75) is 26.8 Å². The third kappa shape index (κ3) is 2.75. The Bertz CT molecular complexity index is 515. The minimum atomic E-state index is -0.257. The summed E-state index contributed by atoms with van der Waals surface area (Å²) in [5.41, 5.74) is 5.97. The molecule has 2 rings (SSSR count). The first-order chi connectivity index (χ1) is 7.88. The van der Waals surface area contributed by atoms with E-state index in [2.05, 4.69) is 26.1 Å². The second-order valence-electron chi connectivity index (χ2n) is 4.90. The van der Waals surface area contributed by atoms with Gasteiger partial charge in [-0.2, -0.15) is 4.98 Å². The number of nitrogens with two attached hydrogens (primary N) is 1. The van der Waals surface area contributed by atoms with Crippen molar-refractivity contribution in [1.82, 2.24) is 10.1 Å². The van der Waals surface area contributed by atoms with Gasteiger partial charge < -0.3 is 10.3 Å². The molecule has 0 aliphatic heterocycles. The number of hydrogen-bond donors (Lipinski definition) is 1. The Hall–Kier alpha value is -0.720. The quantitative estimate of drug-likeness (QED) is 0.919. The van der Waals surface area contributed by atoms with Gasteiger partial charge in [-0.1, -0.05) is 25.9 Å². The summed E-state index contributed by atoms with van der Waals surface area (Å²) in [7, 11) is 0. The van der Waals surface area contributed by atoms with Gasteiger partial charge in [0.1, 0.15) is 0 Å².